The number of nitrogens with one attached hydrogen (secondary N) is 1. The highest BCUT2D eigenvalue weighted by Gasteiger charge is 2.12. The van der Waals surface area contributed by atoms with Gasteiger partial charge >= 0.3 is 0 Å². The molecular formula is C14H24BrN3O. The average molecular weight is 330 g/mol. The second-order valence-corrected chi connectivity index (χ2v) is 5.65. The SMILES string of the molecule is COCCNCC/C=C(/C)c1c(Br)cnn1C(C)C. The van der Waals surface area contributed by atoms with Crippen LogP contribution in [0.15, 0.2) is 16.7 Å². The van der Waals surface area contributed by atoms with Crippen molar-refractivity contribution in [2.75, 3.05) is 26.8 Å². The predicted octanol–water partition coefficient (Wildman–Crippen LogP) is 3.26. The number of rotatable bonds is 8. The van der Waals surface area contributed by atoms with Crippen LogP contribution in [-0.2, 0) is 4.74 Å². The zero-order valence-corrected chi connectivity index (χ0v) is 13.8. The van der Waals surface area contributed by atoms with Gasteiger partial charge in [0.2, 0.25) is 0 Å². The Hall–Kier alpha value is -0.650. The highest BCUT2D eigenvalue weighted by Crippen LogP contribution is 2.26. The summed E-state index contributed by atoms with van der Waals surface area (Å²) < 4.78 is 8.10. The molecule has 0 amide bonds. The van der Waals surface area contributed by atoms with Gasteiger partial charge in [0, 0.05) is 19.7 Å². The number of hydrogen-bond donors (Lipinski definition) is 1. The lowest BCUT2D eigenvalue weighted by molar-refractivity contribution is 0.199. The molecule has 5 heteroatoms. The van der Waals surface area contributed by atoms with Crippen molar-refractivity contribution in [2.24, 2.45) is 0 Å². The molecule has 19 heavy (non-hydrogen) atoms. The Balaban J connectivity index is 2.57. The highest BCUT2D eigenvalue weighted by molar-refractivity contribution is 9.10. The number of nitrogens with zero attached hydrogens (tertiary/aromatic N) is 2. The van der Waals surface area contributed by atoms with Crippen LogP contribution in [-0.4, -0.2) is 36.6 Å². The maximum atomic E-state index is 4.99. The molecule has 1 aromatic heterocycles. The lowest BCUT2D eigenvalue weighted by Crippen LogP contribution is -2.19. The third-order valence-corrected chi connectivity index (χ3v) is 3.45. The van der Waals surface area contributed by atoms with Crippen LogP contribution in [0.5, 0.6) is 0 Å². The maximum absolute atomic E-state index is 4.99. The Kier molecular flexibility index (Phi) is 7.34. The Morgan fingerprint density at radius 3 is 2.89 bits per heavy atom. The minimum absolute atomic E-state index is 0.365. The van der Waals surface area contributed by atoms with Gasteiger partial charge in [-0.3, -0.25) is 4.68 Å². The van der Waals surface area contributed by atoms with E-state index in [4.69, 9.17) is 4.74 Å². The fourth-order valence-corrected chi connectivity index (χ4v) is 2.47. The number of ether oxygens (including phenoxy) is 1. The molecule has 1 heterocycles. The molecule has 0 aromatic carbocycles. The largest absolute Gasteiger partial charge is 0.383 e. The second kappa shape index (κ2) is 8.51. The number of allylic oxidation sites excluding steroid dienone is 1. The van der Waals surface area contributed by atoms with E-state index in [9.17, 15) is 0 Å². The summed E-state index contributed by atoms with van der Waals surface area (Å²) in [4.78, 5) is 0. The number of methoxy groups -OCH3 is 1. The fourth-order valence-electron chi connectivity index (χ4n) is 1.89. The summed E-state index contributed by atoms with van der Waals surface area (Å²) in [5, 5.41) is 7.74. The first-order valence-corrected chi connectivity index (χ1v) is 7.47. The Bertz CT molecular complexity index is 413. The van der Waals surface area contributed by atoms with Crippen molar-refractivity contribution in [1.82, 2.24) is 15.1 Å². The molecule has 0 saturated heterocycles. The zero-order chi connectivity index (χ0) is 14.3. The molecular weight excluding hydrogens is 306 g/mol. The summed E-state index contributed by atoms with van der Waals surface area (Å²) in [6.45, 7) is 9.04. The molecule has 0 aliphatic rings. The maximum Gasteiger partial charge on any atom is 0.0781 e. The molecule has 1 aromatic rings. The standard InChI is InChI=1S/C14H24BrN3O/c1-11(2)18-14(13(15)10-17-18)12(3)6-5-7-16-8-9-19-4/h6,10-11,16H,5,7-9H2,1-4H3/b12-6-. The van der Waals surface area contributed by atoms with E-state index in [0.29, 0.717) is 6.04 Å². The van der Waals surface area contributed by atoms with Crippen LogP contribution in [0.3, 0.4) is 0 Å². The number of hydrogen-bond acceptors (Lipinski definition) is 3. The monoisotopic (exact) mass is 329 g/mol. The molecule has 0 radical (unpaired) electrons. The third-order valence-electron chi connectivity index (χ3n) is 2.87. The molecule has 4 nitrogen and oxygen atoms in total. The van der Waals surface area contributed by atoms with Gasteiger partial charge in [-0.2, -0.15) is 5.10 Å². The summed E-state index contributed by atoms with van der Waals surface area (Å²) in [5.74, 6) is 0. The van der Waals surface area contributed by atoms with E-state index in [1.807, 2.05) is 10.9 Å². The second-order valence-electron chi connectivity index (χ2n) is 4.80. The Labute approximate surface area is 124 Å². The Morgan fingerprint density at radius 1 is 1.53 bits per heavy atom. The van der Waals surface area contributed by atoms with E-state index in [-0.39, 0.29) is 0 Å². The topological polar surface area (TPSA) is 39.1 Å². The van der Waals surface area contributed by atoms with Crippen molar-refractivity contribution >= 4 is 21.5 Å². The molecule has 0 spiro atoms. The van der Waals surface area contributed by atoms with Crippen molar-refractivity contribution in [2.45, 2.75) is 33.2 Å². The molecule has 1 N–H and O–H groups in total. The molecule has 0 aliphatic heterocycles. The smallest absolute Gasteiger partial charge is 0.0781 e. The van der Waals surface area contributed by atoms with Gasteiger partial charge in [0.1, 0.15) is 0 Å². The van der Waals surface area contributed by atoms with Gasteiger partial charge in [-0.25, -0.2) is 0 Å². The van der Waals surface area contributed by atoms with Crippen molar-refractivity contribution in [3.05, 3.63) is 22.4 Å². The van der Waals surface area contributed by atoms with Crippen molar-refractivity contribution in [1.29, 1.82) is 0 Å². The van der Waals surface area contributed by atoms with Crippen molar-refractivity contribution in [3.8, 4) is 0 Å². The molecule has 0 atom stereocenters. The van der Waals surface area contributed by atoms with Gasteiger partial charge in [-0.1, -0.05) is 6.08 Å². The molecule has 108 valence electrons. The predicted molar refractivity (Wildman–Crippen MR) is 83.3 cm³/mol. The van der Waals surface area contributed by atoms with Crippen LogP contribution in [0.2, 0.25) is 0 Å². The van der Waals surface area contributed by atoms with Crippen LogP contribution in [0.1, 0.15) is 38.9 Å². The van der Waals surface area contributed by atoms with Gasteiger partial charge in [0.15, 0.2) is 0 Å². The van der Waals surface area contributed by atoms with E-state index in [1.54, 1.807) is 7.11 Å². The van der Waals surface area contributed by atoms with Crippen LogP contribution in [0.4, 0.5) is 0 Å². The zero-order valence-electron chi connectivity index (χ0n) is 12.2. The first-order chi connectivity index (χ1) is 9.07. The van der Waals surface area contributed by atoms with Gasteiger partial charge < -0.3 is 10.1 Å². The van der Waals surface area contributed by atoms with E-state index < -0.39 is 0 Å². The lowest BCUT2D eigenvalue weighted by Gasteiger charge is -2.12. The molecule has 0 bridgehead atoms. The average Bonchev–Trinajstić information content (AvgIpc) is 2.75. The van der Waals surface area contributed by atoms with E-state index >= 15 is 0 Å². The van der Waals surface area contributed by atoms with Crippen molar-refractivity contribution in [3.63, 3.8) is 0 Å². The van der Waals surface area contributed by atoms with Crippen molar-refractivity contribution < 1.29 is 4.74 Å². The highest BCUT2D eigenvalue weighted by atomic mass is 79.9. The minimum atomic E-state index is 0.365. The first kappa shape index (κ1) is 16.4. The fraction of sp³-hybridized carbons (Fsp3) is 0.643. The quantitative estimate of drug-likeness (QED) is 0.744. The van der Waals surface area contributed by atoms with Crippen LogP contribution in [0.25, 0.3) is 5.57 Å². The van der Waals surface area contributed by atoms with E-state index in [2.05, 4.69) is 53.2 Å². The molecule has 0 fully saturated rings. The summed E-state index contributed by atoms with van der Waals surface area (Å²) in [6.07, 6.45) is 5.12. The molecule has 0 unspecified atom stereocenters. The van der Waals surface area contributed by atoms with E-state index in [0.717, 1.165) is 30.6 Å². The van der Waals surface area contributed by atoms with Gasteiger partial charge in [-0.15, -0.1) is 0 Å². The molecule has 0 saturated carbocycles. The van der Waals surface area contributed by atoms with Gasteiger partial charge in [0.25, 0.3) is 0 Å². The minimum Gasteiger partial charge on any atom is -0.383 e. The summed E-state index contributed by atoms with van der Waals surface area (Å²) in [6, 6.07) is 0.365. The van der Waals surface area contributed by atoms with Gasteiger partial charge in [-0.05, 0) is 55.2 Å². The van der Waals surface area contributed by atoms with Gasteiger partial charge in [0.05, 0.1) is 23.0 Å². The lowest BCUT2D eigenvalue weighted by atomic mass is 10.1. The molecule has 1 rings (SSSR count). The molecule has 0 aliphatic carbocycles. The summed E-state index contributed by atoms with van der Waals surface area (Å²) in [5.41, 5.74) is 2.43. The van der Waals surface area contributed by atoms with Crippen LogP contribution < -0.4 is 5.32 Å². The normalized spacial score (nSPS) is 12.4. The van der Waals surface area contributed by atoms with Crippen LogP contribution in [0, 0.1) is 0 Å². The Morgan fingerprint density at radius 2 is 2.26 bits per heavy atom. The first-order valence-electron chi connectivity index (χ1n) is 6.67. The summed E-state index contributed by atoms with van der Waals surface area (Å²) >= 11 is 3.57. The number of halogens is 1. The third kappa shape index (κ3) is 5.09. The summed E-state index contributed by atoms with van der Waals surface area (Å²) in [7, 11) is 1.72. The van der Waals surface area contributed by atoms with E-state index in [1.165, 1.54) is 11.3 Å². The number of aromatic nitrogens is 2. The van der Waals surface area contributed by atoms with Crippen LogP contribution >= 0.6 is 15.9 Å².